The molecule has 16 heteroatoms. The molecule has 0 aliphatic heterocycles. The number of alkyl halides is 4. The summed E-state index contributed by atoms with van der Waals surface area (Å²) in [4.78, 5) is 8.42. The van der Waals surface area contributed by atoms with Gasteiger partial charge in [0.05, 0.1) is 0 Å². The molecule has 0 unspecified atom stereocenters. The van der Waals surface area contributed by atoms with Crippen LogP contribution in [0.1, 0.15) is 50.5 Å². The van der Waals surface area contributed by atoms with Crippen LogP contribution >= 0.6 is 0 Å². The second-order valence-corrected chi connectivity index (χ2v) is 12.9. The van der Waals surface area contributed by atoms with Crippen molar-refractivity contribution in [1.29, 1.82) is 0 Å². The summed E-state index contributed by atoms with van der Waals surface area (Å²) in [5, 5.41) is 16.3. The molecule has 0 saturated carbocycles. The number of ether oxygens (including phenoxy) is 4. The molecule has 0 saturated heterocycles. The molecule has 52 heavy (non-hydrogen) atoms. The van der Waals surface area contributed by atoms with Crippen molar-refractivity contribution in [1.82, 2.24) is 39.2 Å². The van der Waals surface area contributed by atoms with Gasteiger partial charge in [0.2, 0.25) is 11.8 Å². The van der Waals surface area contributed by atoms with Crippen molar-refractivity contribution >= 4 is 11.3 Å². The predicted molar refractivity (Wildman–Crippen MR) is 185 cm³/mol. The molecule has 0 spiro atoms. The molecule has 0 aliphatic rings. The monoisotopic (exact) mass is 724 g/mol. The van der Waals surface area contributed by atoms with Gasteiger partial charge in [-0.25, -0.2) is 27.5 Å². The van der Waals surface area contributed by atoms with E-state index in [1.807, 2.05) is 57.6 Å². The third kappa shape index (κ3) is 8.80. The van der Waals surface area contributed by atoms with E-state index < -0.39 is 24.1 Å². The number of aryl methyl sites for hydroxylation is 2. The van der Waals surface area contributed by atoms with Crippen LogP contribution in [0.4, 0.5) is 17.6 Å². The molecular weight excluding hydrogens is 684 g/mol. The van der Waals surface area contributed by atoms with Crippen molar-refractivity contribution in [2.24, 2.45) is 0 Å². The maximum absolute atomic E-state index is 13.7. The highest BCUT2D eigenvalue weighted by Gasteiger charge is 2.45. The Morgan fingerprint density at radius 1 is 0.635 bits per heavy atom. The zero-order chi connectivity index (χ0) is 37.8. The number of methoxy groups -OCH3 is 2. The maximum Gasteiger partial charge on any atom is 0.283 e. The lowest BCUT2D eigenvalue weighted by Crippen LogP contribution is -2.45. The first kappa shape index (κ1) is 38.0. The summed E-state index contributed by atoms with van der Waals surface area (Å²) in [7, 11) is 3.19. The summed E-state index contributed by atoms with van der Waals surface area (Å²) in [6.45, 7) is 7.88. The lowest BCUT2D eigenvalue weighted by Gasteiger charge is -2.32. The van der Waals surface area contributed by atoms with E-state index in [4.69, 9.17) is 18.9 Å². The number of halogens is 4. The Bertz CT molecular complexity index is 2160. The fourth-order valence-corrected chi connectivity index (χ4v) is 4.90. The number of fused-ring (bicyclic) bond motifs is 2. The van der Waals surface area contributed by atoms with Crippen LogP contribution in [-0.2, 0) is 22.7 Å². The van der Waals surface area contributed by atoms with E-state index in [0.717, 1.165) is 36.1 Å². The Hall–Kier alpha value is -5.22. The Labute approximate surface area is 297 Å². The molecule has 0 bridgehead atoms. The van der Waals surface area contributed by atoms with Crippen molar-refractivity contribution < 1.29 is 36.5 Å². The molecule has 0 radical (unpaired) electrons. The van der Waals surface area contributed by atoms with Crippen LogP contribution in [0.5, 0.6) is 11.8 Å². The van der Waals surface area contributed by atoms with Gasteiger partial charge in [-0.05, 0) is 64.1 Å². The van der Waals surface area contributed by atoms with E-state index in [2.05, 4.69) is 30.4 Å². The third-order valence-electron chi connectivity index (χ3n) is 8.09. The Morgan fingerprint density at radius 2 is 1.10 bits per heavy atom. The Kier molecular flexibility index (Phi) is 11.1. The average Bonchev–Trinajstić information content (AvgIpc) is 3.68. The highest BCUT2D eigenvalue weighted by Crippen LogP contribution is 2.34. The van der Waals surface area contributed by atoms with Gasteiger partial charge < -0.3 is 18.9 Å². The summed E-state index contributed by atoms with van der Waals surface area (Å²) >= 11 is 0. The lowest BCUT2D eigenvalue weighted by atomic mass is 10.0. The number of pyridine rings is 4. The smallest absolute Gasteiger partial charge is 0.283 e. The van der Waals surface area contributed by atoms with E-state index >= 15 is 0 Å². The summed E-state index contributed by atoms with van der Waals surface area (Å²) in [5.74, 6) is -4.13. The van der Waals surface area contributed by atoms with E-state index in [1.165, 1.54) is 13.8 Å². The molecule has 0 atom stereocenters. The lowest BCUT2D eigenvalue weighted by molar-refractivity contribution is -0.135. The largest absolute Gasteiger partial charge is 0.471 e. The molecule has 276 valence electrons. The molecular formula is C36H40F4N8O4. The quantitative estimate of drug-likeness (QED) is 0.119. The Morgan fingerprint density at radius 3 is 1.50 bits per heavy atom. The van der Waals surface area contributed by atoms with Gasteiger partial charge in [0.25, 0.3) is 11.8 Å². The first-order valence-corrected chi connectivity index (χ1v) is 16.2. The number of nitrogens with zero attached hydrogens (tertiary/aromatic N) is 8. The van der Waals surface area contributed by atoms with Crippen LogP contribution < -0.4 is 9.47 Å². The fraction of sp³-hybridized carbons (Fsp3) is 0.389. The summed E-state index contributed by atoms with van der Waals surface area (Å²) in [6.07, 6.45) is 6.98. The van der Waals surface area contributed by atoms with Crippen molar-refractivity contribution in [2.45, 2.75) is 72.2 Å². The number of hydrogen-bond donors (Lipinski definition) is 0. The third-order valence-corrected chi connectivity index (χ3v) is 8.09. The summed E-state index contributed by atoms with van der Waals surface area (Å²) in [5.41, 5.74) is 4.57. The molecule has 6 rings (SSSR count). The van der Waals surface area contributed by atoms with Gasteiger partial charge in [-0.3, -0.25) is 8.80 Å². The van der Waals surface area contributed by atoms with Gasteiger partial charge in [0.15, 0.2) is 35.2 Å². The minimum Gasteiger partial charge on any atom is -0.471 e. The second-order valence-electron chi connectivity index (χ2n) is 12.9. The SMILES string of the molecule is COCc1nnc2ccc(-c3cnc(OC(C)(C)C(C)(F)F)c(C)c3)cn12.COCc1nnc2ccc(-c3cnc(OCC(C)(F)F)c(C)c3)cn12. The van der Waals surface area contributed by atoms with Crippen LogP contribution in [0, 0.1) is 13.8 Å². The number of hydrogen-bond acceptors (Lipinski definition) is 10. The molecule has 12 nitrogen and oxygen atoms in total. The van der Waals surface area contributed by atoms with E-state index in [-0.39, 0.29) is 11.8 Å². The molecule has 6 aromatic heterocycles. The summed E-state index contributed by atoms with van der Waals surface area (Å²) < 4.78 is 77.8. The second kappa shape index (κ2) is 15.2. The van der Waals surface area contributed by atoms with Gasteiger partial charge in [0, 0.05) is 86.2 Å². The van der Waals surface area contributed by atoms with Gasteiger partial charge >= 0.3 is 0 Å². The molecule has 0 N–H and O–H groups in total. The predicted octanol–water partition coefficient (Wildman–Crippen LogP) is 7.34. The van der Waals surface area contributed by atoms with Crippen LogP contribution in [0.15, 0.2) is 61.2 Å². The highest BCUT2D eigenvalue weighted by molar-refractivity contribution is 5.66. The van der Waals surface area contributed by atoms with Crippen LogP contribution in [-0.4, -0.2) is 77.4 Å². The highest BCUT2D eigenvalue weighted by atomic mass is 19.3. The van der Waals surface area contributed by atoms with Crippen molar-refractivity contribution in [3.05, 3.63) is 84.0 Å². The van der Waals surface area contributed by atoms with Crippen molar-refractivity contribution in [3.8, 4) is 34.0 Å². The summed E-state index contributed by atoms with van der Waals surface area (Å²) in [6, 6.07) is 11.2. The number of aromatic nitrogens is 8. The standard InChI is InChI=1S/C19H22F2N4O2.C17H18F2N4O2/c1-12-8-14(9-22-17(12)27-18(2,3)19(4,20)21)13-6-7-15-23-24-16(11-26-5)25(15)10-13;1-11-6-13(7-20-16(11)25-10-17(2,18)19)12-4-5-14-21-22-15(9-24-3)23(14)8-12/h6-10H,11H2,1-5H3;4-8H,9-10H2,1-3H3. The van der Waals surface area contributed by atoms with E-state index in [9.17, 15) is 17.6 Å². The normalized spacial score (nSPS) is 12.2. The Balaban J connectivity index is 0.000000202. The van der Waals surface area contributed by atoms with Gasteiger partial charge in [-0.15, -0.1) is 20.4 Å². The zero-order valence-corrected chi connectivity index (χ0v) is 30.1. The first-order valence-electron chi connectivity index (χ1n) is 16.2. The van der Waals surface area contributed by atoms with Crippen LogP contribution in [0.2, 0.25) is 0 Å². The first-order chi connectivity index (χ1) is 24.5. The molecule has 0 aliphatic carbocycles. The zero-order valence-electron chi connectivity index (χ0n) is 30.1. The molecule has 6 aromatic rings. The minimum absolute atomic E-state index is 0.190. The fourth-order valence-electron chi connectivity index (χ4n) is 4.90. The maximum atomic E-state index is 13.7. The minimum atomic E-state index is -3.00. The number of rotatable bonds is 12. The van der Waals surface area contributed by atoms with Gasteiger partial charge in [-0.1, -0.05) is 0 Å². The van der Waals surface area contributed by atoms with E-state index in [1.54, 1.807) is 40.5 Å². The van der Waals surface area contributed by atoms with E-state index in [0.29, 0.717) is 47.3 Å². The van der Waals surface area contributed by atoms with Crippen LogP contribution in [0.3, 0.4) is 0 Å². The van der Waals surface area contributed by atoms with Gasteiger partial charge in [-0.2, -0.15) is 0 Å². The average molecular weight is 725 g/mol. The molecule has 6 heterocycles. The molecule has 0 fully saturated rings. The van der Waals surface area contributed by atoms with Crippen molar-refractivity contribution in [2.75, 3.05) is 20.8 Å². The topological polar surface area (TPSA) is 123 Å². The molecule has 0 aromatic carbocycles. The van der Waals surface area contributed by atoms with Gasteiger partial charge in [0.1, 0.15) is 13.2 Å². The van der Waals surface area contributed by atoms with Crippen LogP contribution in [0.25, 0.3) is 33.5 Å². The molecule has 0 amide bonds. The van der Waals surface area contributed by atoms with Crippen molar-refractivity contribution in [3.63, 3.8) is 0 Å².